The van der Waals surface area contributed by atoms with Gasteiger partial charge in [-0.3, -0.25) is 0 Å². The average Bonchev–Trinajstić information content (AvgIpc) is 3.33. The van der Waals surface area contributed by atoms with Crippen molar-refractivity contribution in [2.24, 2.45) is 0 Å². The third kappa shape index (κ3) is 6.30. The highest BCUT2D eigenvalue weighted by molar-refractivity contribution is 8.00. The molecule has 0 atom stereocenters. The minimum atomic E-state index is -3.57. The third-order valence-electron chi connectivity index (χ3n) is 5.28. The number of aliphatic hydroxyl groups is 6. The van der Waals surface area contributed by atoms with Crippen LogP contribution in [-0.4, -0.2) is 70.0 Å². The first-order valence-electron chi connectivity index (χ1n) is 10.9. The Balaban J connectivity index is 1.56. The largest absolute Gasteiger partial charge is 0.382 e. The van der Waals surface area contributed by atoms with E-state index in [0.29, 0.717) is 34.5 Å². The Morgan fingerprint density at radius 1 is 0.919 bits per heavy atom. The molecule has 0 saturated heterocycles. The highest BCUT2D eigenvalue weighted by Crippen LogP contribution is 2.35. The molecule has 2 aromatic heterocycles. The van der Waals surface area contributed by atoms with Crippen molar-refractivity contribution in [3.05, 3.63) is 66.4 Å². The van der Waals surface area contributed by atoms with Crippen LogP contribution in [0.25, 0.3) is 34.0 Å². The smallest absolute Gasteiger partial charge is 0.296 e. The number of thioether (sulfide) groups is 1. The normalized spacial score (nSPS) is 12.3. The molecule has 0 aliphatic rings. The van der Waals surface area contributed by atoms with Gasteiger partial charge in [0.1, 0.15) is 5.69 Å². The molecule has 0 aliphatic carbocycles. The monoisotopic (exact) mass is 527 g/mol. The van der Waals surface area contributed by atoms with Gasteiger partial charge in [-0.2, -0.15) is 0 Å². The van der Waals surface area contributed by atoms with Crippen LogP contribution in [0.1, 0.15) is 5.56 Å². The van der Waals surface area contributed by atoms with Gasteiger partial charge in [0.05, 0.1) is 11.9 Å². The molecular weight excluding hydrogens is 502 g/mol. The molecule has 13 heteroatoms. The highest BCUT2D eigenvalue weighted by atomic mass is 32.2. The zero-order valence-corrected chi connectivity index (χ0v) is 20.3. The Morgan fingerprint density at radius 2 is 1.51 bits per heavy atom. The number of nitrogen functional groups attached to an aromatic ring is 1. The zero-order chi connectivity index (χ0) is 26.8. The summed E-state index contributed by atoms with van der Waals surface area (Å²) in [5.74, 6) is -6.67. The molecule has 4 rings (SSSR count). The van der Waals surface area contributed by atoms with Crippen molar-refractivity contribution in [3.8, 4) is 34.0 Å². The van der Waals surface area contributed by atoms with Gasteiger partial charge in [0.25, 0.3) is 11.9 Å². The van der Waals surface area contributed by atoms with E-state index in [4.69, 9.17) is 10.3 Å². The van der Waals surface area contributed by atoms with Gasteiger partial charge in [0.15, 0.2) is 22.5 Å². The molecule has 2 aromatic carbocycles. The summed E-state index contributed by atoms with van der Waals surface area (Å²) < 4.78 is 5.49. The van der Waals surface area contributed by atoms with Gasteiger partial charge in [-0.05, 0) is 24.7 Å². The van der Waals surface area contributed by atoms with E-state index >= 15 is 0 Å². The lowest BCUT2D eigenvalue weighted by Gasteiger charge is -2.31. The van der Waals surface area contributed by atoms with E-state index in [1.54, 1.807) is 18.2 Å². The van der Waals surface area contributed by atoms with Crippen LogP contribution in [0.4, 0.5) is 5.82 Å². The van der Waals surface area contributed by atoms with Crippen molar-refractivity contribution in [1.82, 2.24) is 20.4 Å². The number of hydrogen-bond donors (Lipinski definition) is 8. The SMILES string of the molecule is CNCc1ccc(-c2cc(-c3nc(-c4ccc(SC(C(O)(O)O)C(O)(O)O)cc4)cnc3N)on2)cc1. The van der Waals surface area contributed by atoms with E-state index < -0.39 is 17.2 Å². The summed E-state index contributed by atoms with van der Waals surface area (Å²) in [5.41, 5.74) is 9.97. The van der Waals surface area contributed by atoms with Crippen molar-refractivity contribution in [1.29, 1.82) is 0 Å². The molecule has 4 aromatic rings. The molecule has 0 aliphatic heterocycles. The quantitative estimate of drug-likeness (QED) is 0.110. The van der Waals surface area contributed by atoms with Crippen LogP contribution in [0.15, 0.2) is 70.2 Å². The van der Waals surface area contributed by atoms with Crippen molar-refractivity contribution >= 4 is 17.6 Å². The molecule has 0 spiro atoms. The second kappa shape index (κ2) is 10.5. The lowest BCUT2D eigenvalue weighted by molar-refractivity contribution is -0.393. The second-order valence-corrected chi connectivity index (χ2v) is 9.37. The van der Waals surface area contributed by atoms with Crippen molar-refractivity contribution in [3.63, 3.8) is 0 Å². The Morgan fingerprint density at radius 3 is 2.11 bits per heavy atom. The molecule has 2 heterocycles. The van der Waals surface area contributed by atoms with E-state index in [1.807, 2.05) is 31.3 Å². The molecular formula is C24H25N5O7S. The number of aromatic nitrogens is 3. The Bertz CT molecular complexity index is 1340. The molecule has 0 fully saturated rings. The van der Waals surface area contributed by atoms with Crippen LogP contribution in [-0.2, 0) is 6.54 Å². The van der Waals surface area contributed by atoms with Gasteiger partial charge in [-0.25, -0.2) is 9.97 Å². The number of nitrogens with zero attached hydrogens (tertiary/aromatic N) is 3. The maximum atomic E-state index is 9.34. The van der Waals surface area contributed by atoms with Crippen molar-refractivity contribution in [2.75, 3.05) is 12.8 Å². The van der Waals surface area contributed by atoms with Crippen LogP contribution in [0.3, 0.4) is 0 Å². The lowest BCUT2D eigenvalue weighted by Crippen LogP contribution is -2.54. The molecule has 0 bridgehead atoms. The minimum Gasteiger partial charge on any atom is -0.382 e. The second-order valence-electron chi connectivity index (χ2n) is 8.19. The van der Waals surface area contributed by atoms with Gasteiger partial charge < -0.3 is 46.2 Å². The molecule has 0 saturated carbocycles. The highest BCUT2D eigenvalue weighted by Gasteiger charge is 2.48. The standard InChI is InChI=1S/C24H25N5O7S/c1-26-11-13-2-4-14(5-3-13)17-10-19(36-29-17)20-21(25)27-12-18(28-20)15-6-8-16(9-7-15)37-22(23(30,31)32)24(33,34)35/h2-10,12,22,26,30-35H,11H2,1H3,(H2,25,27). The Kier molecular flexibility index (Phi) is 7.59. The Hall–Kier alpha value is -3.40. The number of anilines is 1. The van der Waals surface area contributed by atoms with E-state index in [2.05, 4.69) is 20.4 Å². The van der Waals surface area contributed by atoms with E-state index in [0.717, 1.165) is 17.7 Å². The molecule has 0 unspecified atom stereocenters. The summed E-state index contributed by atoms with van der Waals surface area (Å²) in [5, 5.41) is 61.1. The number of hydrogen-bond acceptors (Lipinski definition) is 13. The van der Waals surface area contributed by atoms with Crippen LogP contribution >= 0.6 is 11.8 Å². The Labute approximate surface area is 215 Å². The molecule has 37 heavy (non-hydrogen) atoms. The topological polar surface area (TPSA) is 211 Å². The summed E-state index contributed by atoms with van der Waals surface area (Å²) in [7, 11) is 1.88. The third-order valence-corrected chi connectivity index (χ3v) is 6.69. The van der Waals surface area contributed by atoms with Gasteiger partial charge in [-0.1, -0.05) is 41.6 Å². The van der Waals surface area contributed by atoms with Gasteiger partial charge in [0.2, 0.25) is 0 Å². The molecule has 0 amide bonds. The van der Waals surface area contributed by atoms with Gasteiger partial charge >= 0.3 is 0 Å². The first kappa shape index (κ1) is 26.7. The first-order chi connectivity index (χ1) is 17.5. The van der Waals surface area contributed by atoms with E-state index in [9.17, 15) is 30.6 Å². The predicted octanol–water partition coefficient (Wildman–Crippen LogP) is 0.489. The summed E-state index contributed by atoms with van der Waals surface area (Å²) in [4.78, 5) is 9.03. The number of nitrogens with two attached hydrogens (primary N) is 1. The number of rotatable bonds is 9. The van der Waals surface area contributed by atoms with Crippen molar-refractivity contribution in [2.45, 2.75) is 28.6 Å². The van der Waals surface area contributed by atoms with E-state index in [-0.39, 0.29) is 16.4 Å². The lowest BCUT2D eigenvalue weighted by atomic mass is 10.1. The van der Waals surface area contributed by atoms with Gasteiger partial charge in [0, 0.05) is 28.6 Å². The molecule has 9 N–H and O–H groups in total. The summed E-state index contributed by atoms with van der Waals surface area (Å²) in [6.07, 6.45) is 1.46. The van der Waals surface area contributed by atoms with E-state index in [1.165, 1.54) is 18.3 Å². The maximum Gasteiger partial charge on any atom is 0.296 e. The molecule has 12 nitrogen and oxygen atoms in total. The molecule has 194 valence electrons. The predicted molar refractivity (Wildman–Crippen MR) is 134 cm³/mol. The maximum absolute atomic E-state index is 9.34. The van der Waals surface area contributed by atoms with Crippen LogP contribution in [0.5, 0.6) is 0 Å². The minimum absolute atomic E-state index is 0.140. The summed E-state index contributed by atoms with van der Waals surface area (Å²) >= 11 is 0.430. The fourth-order valence-corrected chi connectivity index (χ4v) is 4.38. The van der Waals surface area contributed by atoms with Crippen LogP contribution in [0, 0.1) is 0 Å². The average molecular weight is 528 g/mol. The van der Waals surface area contributed by atoms with Crippen LogP contribution in [0.2, 0.25) is 0 Å². The summed E-state index contributed by atoms with van der Waals surface area (Å²) in [6, 6.07) is 15.8. The van der Waals surface area contributed by atoms with Crippen molar-refractivity contribution < 1.29 is 35.2 Å². The van der Waals surface area contributed by atoms with Gasteiger partial charge in [-0.15, -0.1) is 11.8 Å². The fourth-order valence-electron chi connectivity index (χ4n) is 3.50. The number of benzene rings is 2. The fraction of sp³-hybridized carbons (Fsp3) is 0.208. The first-order valence-corrected chi connectivity index (χ1v) is 11.8. The number of nitrogens with one attached hydrogen (secondary N) is 1. The zero-order valence-electron chi connectivity index (χ0n) is 19.5. The molecule has 0 radical (unpaired) electrons. The summed E-state index contributed by atoms with van der Waals surface area (Å²) in [6.45, 7) is 0.750. The van der Waals surface area contributed by atoms with Crippen LogP contribution < -0.4 is 11.1 Å².